The fourth-order valence-corrected chi connectivity index (χ4v) is 1.57. The van der Waals surface area contributed by atoms with Crippen LogP contribution in [-0.2, 0) is 20.6 Å². The highest BCUT2D eigenvalue weighted by atomic mass is 16.2. The average Bonchev–Trinajstić information content (AvgIpc) is 2.68. The van der Waals surface area contributed by atoms with Crippen LogP contribution in [-0.4, -0.2) is 18.7 Å². The second kappa shape index (κ2) is 3.08. The van der Waals surface area contributed by atoms with E-state index in [-0.39, 0.29) is 12.5 Å². The van der Waals surface area contributed by atoms with Crippen LogP contribution < -0.4 is 11.2 Å². The topological polar surface area (TPSA) is 61.8 Å². The summed E-state index contributed by atoms with van der Waals surface area (Å²) in [5.74, 6) is 0. The molecule has 0 aliphatic heterocycles. The third-order valence-electron chi connectivity index (χ3n) is 2.46. The van der Waals surface area contributed by atoms with Crippen LogP contribution in [0.25, 0.3) is 11.2 Å². The zero-order chi connectivity index (χ0) is 11.9. The number of rotatable bonds is 1. The maximum atomic E-state index is 11.9. The Kier molecular flexibility index (Phi) is 1.74. The van der Waals surface area contributed by atoms with Crippen LogP contribution in [0.1, 0.15) is 8.27 Å². The molecule has 2 aromatic rings. The summed E-state index contributed by atoms with van der Waals surface area (Å²) in [7, 11) is 3.00. The largest absolute Gasteiger partial charge is 0.332 e. The molecule has 0 unspecified atom stereocenters. The van der Waals surface area contributed by atoms with Gasteiger partial charge in [0.1, 0.15) is 0 Å². The van der Waals surface area contributed by atoms with Gasteiger partial charge in [0.15, 0.2) is 11.2 Å². The van der Waals surface area contributed by atoms with E-state index in [1.807, 2.05) is 0 Å². The van der Waals surface area contributed by atoms with E-state index >= 15 is 0 Å². The molecule has 0 fully saturated rings. The molecule has 0 saturated heterocycles. The molecule has 0 atom stereocenters. The van der Waals surface area contributed by atoms with Crippen LogP contribution in [0.3, 0.4) is 0 Å². The van der Waals surface area contributed by atoms with Gasteiger partial charge in [-0.3, -0.25) is 13.9 Å². The SMILES string of the molecule is [3H]CCn1cnc2c1c(=O)n(C)c(=O)n2C. The van der Waals surface area contributed by atoms with Gasteiger partial charge < -0.3 is 4.57 Å². The second-order valence-electron chi connectivity index (χ2n) is 3.32. The number of aromatic nitrogens is 4. The molecule has 15 heavy (non-hydrogen) atoms. The molecule has 0 aromatic carbocycles. The lowest BCUT2D eigenvalue weighted by Crippen LogP contribution is -2.37. The van der Waals surface area contributed by atoms with Gasteiger partial charge >= 0.3 is 5.69 Å². The van der Waals surface area contributed by atoms with Gasteiger partial charge in [-0.05, 0) is 6.90 Å². The fraction of sp³-hybridized carbons (Fsp3) is 0.444. The van der Waals surface area contributed by atoms with E-state index in [0.717, 1.165) is 4.57 Å². The summed E-state index contributed by atoms with van der Waals surface area (Å²) in [6.45, 7) is 0.557. The Labute approximate surface area is 86.8 Å². The van der Waals surface area contributed by atoms with Gasteiger partial charge in [-0.2, -0.15) is 0 Å². The van der Waals surface area contributed by atoms with Crippen LogP contribution in [0.4, 0.5) is 0 Å². The highest BCUT2D eigenvalue weighted by Gasteiger charge is 2.12. The highest BCUT2D eigenvalue weighted by Crippen LogP contribution is 2.04. The van der Waals surface area contributed by atoms with Crippen molar-refractivity contribution in [3.63, 3.8) is 0 Å². The predicted octanol–water partition coefficient (Wildman–Crippen LogP) is -0.546. The second-order valence-corrected chi connectivity index (χ2v) is 3.32. The molecule has 0 spiro atoms. The molecule has 0 N–H and O–H groups in total. The Hall–Kier alpha value is -1.85. The van der Waals surface area contributed by atoms with E-state index in [9.17, 15) is 9.59 Å². The summed E-state index contributed by atoms with van der Waals surface area (Å²) in [5, 5.41) is 0. The number of fused-ring (bicyclic) bond motifs is 1. The number of aryl methyl sites for hydroxylation is 2. The van der Waals surface area contributed by atoms with Gasteiger partial charge in [0.25, 0.3) is 5.56 Å². The third kappa shape index (κ3) is 1.14. The summed E-state index contributed by atoms with van der Waals surface area (Å²) in [4.78, 5) is 27.5. The van der Waals surface area contributed by atoms with Crippen molar-refractivity contribution in [2.45, 2.75) is 13.4 Å². The first-order valence-electron chi connectivity index (χ1n) is 5.18. The highest BCUT2D eigenvalue weighted by molar-refractivity contribution is 5.69. The molecule has 0 amide bonds. The number of imidazole rings is 1. The summed E-state index contributed by atoms with van der Waals surface area (Å²) in [6, 6.07) is 0. The number of hydrogen-bond donors (Lipinski definition) is 0. The molecule has 6 heteroatoms. The lowest BCUT2D eigenvalue weighted by Gasteiger charge is -2.04. The van der Waals surface area contributed by atoms with Gasteiger partial charge in [0, 0.05) is 22.0 Å². The molecule has 2 heterocycles. The molecule has 0 bridgehead atoms. The van der Waals surface area contributed by atoms with E-state index in [1.165, 1.54) is 17.9 Å². The zero-order valence-electron chi connectivity index (χ0n) is 9.60. The Bertz CT molecular complexity index is 652. The maximum absolute atomic E-state index is 11.9. The van der Waals surface area contributed by atoms with Crippen LogP contribution in [0.2, 0.25) is 0 Å². The maximum Gasteiger partial charge on any atom is 0.332 e. The van der Waals surface area contributed by atoms with Crippen molar-refractivity contribution in [3.05, 3.63) is 27.2 Å². The molecule has 2 rings (SSSR count). The molecule has 0 aliphatic rings. The van der Waals surface area contributed by atoms with E-state index < -0.39 is 5.69 Å². The summed E-state index contributed by atoms with van der Waals surface area (Å²) in [6.07, 6.45) is 1.49. The Balaban J connectivity index is 2.95. The Morgan fingerprint density at radius 3 is 2.80 bits per heavy atom. The van der Waals surface area contributed by atoms with Crippen LogP contribution in [0.5, 0.6) is 0 Å². The molecular weight excluding hydrogens is 196 g/mol. The summed E-state index contributed by atoms with van der Waals surface area (Å²) < 4.78 is 11.1. The van der Waals surface area contributed by atoms with E-state index in [0.29, 0.717) is 17.7 Å². The van der Waals surface area contributed by atoms with E-state index in [4.69, 9.17) is 1.37 Å². The molecule has 2 aromatic heterocycles. The summed E-state index contributed by atoms with van der Waals surface area (Å²) in [5.41, 5.74) is -0.0314. The van der Waals surface area contributed by atoms with E-state index in [1.54, 1.807) is 11.6 Å². The van der Waals surface area contributed by atoms with Crippen LogP contribution in [0, 0.1) is 0 Å². The standard InChI is InChI=1S/C9H12N4O2/c1-4-13-5-10-7-6(13)8(14)12(3)9(15)11(7)2/h5H,4H2,1-3H3/i1T. The first-order valence-corrected chi connectivity index (χ1v) is 4.48. The van der Waals surface area contributed by atoms with Crippen molar-refractivity contribution in [2.75, 3.05) is 0 Å². The average molecular weight is 210 g/mol. The van der Waals surface area contributed by atoms with Gasteiger partial charge in [-0.1, -0.05) is 0 Å². The number of hydrogen-bond acceptors (Lipinski definition) is 3. The first kappa shape index (κ1) is 8.46. The normalized spacial score (nSPS) is 12.0. The smallest absolute Gasteiger partial charge is 0.325 e. The van der Waals surface area contributed by atoms with Crippen molar-refractivity contribution in [1.82, 2.24) is 18.7 Å². The lowest BCUT2D eigenvalue weighted by molar-refractivity contribution is 0.699. The van der Waals surface area contributed by atoms with Crippen LogP contribution >= 0.6 is 0 Å². The van der Waals surface area contributed by atoms with E-state index in [2.05, 4.69) is 4.98 Å². The molecule has 80 valence electrons. The molecular formula is C9H12N4O2. The van der Waals surface area contributed by atoms with Gasteiger partial charge in [0.05, 0.1) is 6.33 Å². The monoisotopic (exact) mass is 210 g/mol. The quantitative estimate of drug-likeness (QED) is 0.634. The molecule has 6 nitrogen and oxygen atoms in total. The fourth-order valence-electron chi connectivity index (χ4n) is 1.57. The zero-order valence-corrected chi connectivity index (χ0v) is 8.60. The predicted molar refractivity (Wildman–Crippen MR) is 55.9 cm³/mol. The lowest BCUT2D eigenvalue weighted by atomic mass is 10.5. The van der Waals surface area contributed by atoms with Gasteiger partial charge in [-0.25, -0.2) is 9.78 Å². The first-order chi connectivity index (χ1) is 7.57. The third-order valence-corrected chi connectivity index (χ3v) is 2.46. The van der Waals surface area contributed by atoms with Crippen molar-refractivity contribution in [2.24, 2.45) is 14.1 Å². The van der Waals surface area contributed by atoms with Gasteiger partial charge in [0.2, 0.25) is 0 Å². The Morgan fingerprint density at radius 1 is 1.40 bits per heavy atom. The van der Waals surface area contributed by atoms with Crippen LogP contribution in [0.15, 0.2) is 15.9 Å². The Morgan fingerprint density at radius 2 is 2.13 bits per heavy atom. The molecule has 0 radical (unpaired) electrons. The molecule has 0 saturated carbocycles. The van der Waals surface area contributed by atoms with Gasteiger partial charge in [-0.15, -0.1) is 0 Å². The van der Waals surface area contributed by atoms with Crippen molar-refractivity contribution >= 4 is 11.2 Å². The van der Waals surface area contributed by atoms with Crippen molar-refractivity contribution in [1.29, 1.82) is 0 Å². The minimum Gasteiger partial charge on any atom is -0.325 e. The van der Waals surface area contributed by atoms with Crippen molar-refractivity contribution < 1.29 is 1.37 Å². The summed E-state index contributed by atoms with van der Waals surface area (Å²) >= 11 is 0. The minimum atomic E-state index is -0.395. The van der Waals surface area contributed by atoms with Crippen molar-refractivity contribution in [3.8, 4) is 0 Å². The molecule has 0 aliphatic carbocycles. The number of nitrogens with zero attached hydrogens (tertiary/aromatic N) is 4. The minimum absolute atomic E-state index is 0.164.